The molecule has 2 aromatic rings. The van der Waals surface area contributed by atoms with Gasteiger partial charge in [-0.25, -0.2) is 0 Å². The van der Waals surface area contributed by atoms with Crippen molar-refractivity contribution >= 4 is 34.1 Å². The first-order chi connectivity index (χ1) is 6.20. The summed E-state index contributed by atoms with van der Waals surface area (Å²) in [7, 11) is 0. The summed E-state index contributed by atoms with van der Waals surface area (Å²) >= 11 is 11.7. The van der Waals surface area contributed by atoms with Crippen molar-refractivity contribution in [1.82, 2.24) is 10.2 Å². The quantitative estimate of drug-likeness (QED) is 0.732. The van der Waals surface area contributed by atoms with Gasteiger partial charge in [0.2, 0.25) is 5.43 Å². The molecule has 1 N–H and O–H groups in total. The highest BCUT2D eigenvalue weighted by molar-refractivity contribution is 6.39. The lowest BCUT2D eigenvalue weighted by molar-refractivity contribution is 1.06. The van der Waals surface area contributed by atoms with Crippen molar-refractivity contribution in [2.75, 3.05) is 0 Å². The molecule has 0 aliphatic heterocycles. The van der Waals surface area contributed by atoms with E-state index in [1.165, 1.54) is 6.20 Å². The van der Waals surface area contributed by atoms with Crippen LogP contribution in [0.3, 0.4) is 0 Å². The number of fused-ring (bicyclic) bond motifs is 1. The SMILES string of the molecule is O=c1cn[nH]c2c(Cl)ccc(Cl)c12. The molecule has 0 atom stereocenters. The molecule has 1 aromatic heterocycles. The average molecular weight is 215 g/mol. The summed E-state index contributed by atoms with van der Waals surface area (Å²) in [6.07, 6.45) is 1.17. The first-order valence-electron chi connectivity index (χ1n) is 3.51. The Morgan fingerprint density at radius 2 is 1.92 bits per heavy atom. The lowest BCUT2D eigenvalue weighted by atomic mass is 10.2. The lowest BCUT2D eigenvalue weighted by Crippen LogP contribution is -2.03. The number of benzene rings is 1. The predicted octanol–water partition coefficient (Wildman–Crippen LogP) is 2.23. The first-order valence-corrected chi connectivity index (χ1v) is 4.27. The summed E-state index contributed by atoms with van der Waals surface area (Å²) in [4.78, 5) is 11.3. The zero-order valence-electron chi connectivity index (χ0n) is 6.34. The molecule has 13 heavy (non-hydrogen) atoms. The Morgan fingerprint density at radius 1 is 1.23 bits per heavy atom. The number of rotatable bonds is 0. The van der Waals surface area contributed by atoms with E-state index < -0.39 is 0 Å². The van der Waals surface area contributed by atoms with Gasteiger partial charge in [0, 0.05) is 0 Å². The van der Waals surface area contributed by atoms with Gasteiger partial charge in [-0.3, -0.25) is 9.89 Å². The van der Waals surface area contributed by atoms with Gasteiger partial charge in [0.25, 0.3) is 0 Å². The Kier molecular flexibility index (Phi) is 1.98. The molecular weight excluding hydrogens is 211 g/mol. The van der Waals surface area contributed by atoms with Gasteiger partial charge in [-0.05, 0) is 12.1 Å². The Balaban J connectivity index is 3.09. The normalized spacial score (nSPS) is 10.6. The van der Waals surface area contributed by atoms with Crippen molar-refractivity contribution in [3.63, 3.8) is 0 Å². The third-order valence-electron chi connectivity index (χ3n) is 1.71. The van der Waals surface area contributed by atoms with Crippen LogP contribution in [-0.4, -0.2) is 10.2 Å². The van der Waals surface area contributed by atoms with Crippen LogP contribution < -0.4 is 5.43 Å². The van der Waals surface area contributed by atoms with Gasteiger partial charge in [0.1, 0.15) is 0 Å². The molecule has 0 spiro atoms. The fourth-order valence-corrected chi connectivity index (χ4v) is 1.57. The second kappa shape index (κ2) is 3.01. The monoisotopic (exact) mass is 214 g/mol. The van der Waals surface area contributed by atoms with Crippen LogP contribution in [0.1, 0.15) is 0 Å². The molecule has 3 nitrogen and oxygen atoms in total. The van der Waals surface area contributed by atoms with Crippen molar-refractivity contribution in [1.29, 1.82) is 0 Å². The Labute approximate surface area is 83.3 Å². The molecule has 0 saturated heterocycles. The molecule has 0 aliphatic rings. The summed E-state index contributed by atoms with van der Waals surface area (Å²) in [5.74, 6) is 0. The molecule has 66 valence electrons. The molecule has 1 aromatic carbocycles. The van der Waals surface area contributed by atoms with Gasteiger partial charge < -0.3 is 0 Å². The lowest BCUT2D eigenvalue weighted by Gasteiger charge is -1.99. The highest BCUT2D eigenvalue weighted by atomic mass is 35.5. The fraction of sp³-hybridized carbons (Fsp3) is 0. The van der Waals surface area contributed by atoms with Crippen molar-refractivity contribution in [3.05, 3.63) is 38.6 Å². The molecule has 0 radical (unpaired) electrons. The van der Waals surface area contributed by atoms with Gasteiger partial charge in [0.05, 0.1) is 27.1 Å². The van der Waals surface area contributed by atoms with Gasteiger partial charge in [-0.1, -0.05) is 23.2 Å². The Morgan fingerprint density at radius 3 is 2.62 bits per heavy atom. The zero-order valence-corrected chi connectivity index (χ0v) is 7.86. The largest absolute Gasteiger partial charge is 0.287 e. The van der Waals surface area contributed by atoms with Gasteiger partial charge >= 0.3 is 0 Å². The number of nitrogens with one attached hydrogen (secondary N) is 1. The maximum atomic E-state index is 11.3. The highest BCUT2D eigenvalue weighted by Crippen LogP contribution is 2.24. The van der Waals surface area contributed by atoms with Crippen molar-refractivity contribution in [3.8, 4) is 0 Å². The third kappa shape index (κ3) is 1.30. The van der Waals surface area contributed by atoms with E-state index >= 15 is 0 Å². The molecular formula is C8H4Cl2N2O. The number of H-pyrrole nitrogens is 1. The van der Waals surface area contributed by atoms with Crippen LogP contribution in [0, 0.1) is 0 Å². The van der Waals surface area contributed by atoms with E-state index in [2.05, 4.69) is 10.2 Å². The van der Waals surface area contributed by atoms with E-state index in [-0.39, 0.29) is 5.43 Å². The number of hydrogen-bond acceptors (Lipinski definition) is 2. The van der Waals surface area contributed by atoms with E-state index in [1.54, 1.807) is 12.1 Å². The van der Waals surface area contributed by atoms with E-state index in [0.717, 1.165) is 0 Å². The molecule has 0 fully saturated rings. The van der Waals surface area contributed by atoms with Crippen LogP contribution in [-0.2, 0) is 0 Å². The summed E-state index contributed by atoms with van der Waals surface area (Å²) in [5, 5.41) is 7.46. The van der Waals surface area contributed by atoms with Crippen LogP contribution in [0.5, 0.6) is 0 Å². The summed E-state index contributed by atoms with van der Waals surface area (Å²) in [6, 6.07) is 3.20. The predicted molar refractivity (Wildman–Crippen MR) is 52.4 cm³/mol. The van der Waals surface area contributed by atoms with Gasteiger partial charge in [-0.15, -0.1) is 0 Å². The maximum Gasteiger partial charge on any atom is 0.209 e. The molecule has 0 aliphatic carbocycles. The van der Waals surface area contributed by atoms with Gasteiger partial charge in [-0.2, -0.15) is 5.10 Å². The van der Waals surface area contributed by atoms with Crippen molar-refractivity contribution in [2.24, 2.45) is 0 Å². The Hall–Kier alpha value is -1.06. The minimum atomic E-state index is -0.235. The maximum absolute atomic E-state index is 11.3. The molecule has 5 heteroatoms. The highest BCUT2D eigenvalue weighted by Gasteiger charge is 2.06. The van der Waals surface area contributed by atoms with Crippen LogP contribution in [0.25, 0.3) is 10.9 Å². The van der Waals surface area contributed by atoms with E-state index in [0.29, 0.717) is 20.9 Å². The summed E-state index contributed by atoms with van der Waals surface area (Å²) < 4.78 is 0. The minimum absolute atomic E-state index is 0.235. The smallest absolute Gasteiger partial charge is 0.209 e. The van der Waals surface area contributed by atoms with Crippen molar-refractivity contribution < 1.29 is 0 Å². The molecule has 2 rings (SSSR count). The molecule has 0 bridgehead atoms. The van der Waals surface area contributed by atoms with Crippen LogP contribution in [0.15, 0.2) is 23.1 Å². The summed E-state index contributed by atoms with van der Waals surface area (Å²) in [5.41, 5.74) is 0.239. The molecule has 1 heterocycles. The van der Waals surface area contributed by atoms with E-state index in [1.807, 2.05) is 0 Å². The second-order valence-corrected chi connectivity index (χ2v) is 3.33. The van der Waals surface area contributed by atoms with E-state index in [9.17, 15) is 4.79 Å². The second-order valence-electron chi connectivity index (χ2n) is 2.51. The molecule has 0 saturated carbocycles. The fourth-order valence-electron chi connectivity index (χ4n) is 1.12. The van der Waals surface area contributed by atoms with Crippen LogP contribution in [0.4, 0.5) is 0 Å². The first kappa shape index (κ1) is 8.53. The van der Waals surface area contributed by atoms with E-state index in [4.69, 9.17) is 23.2 Å². The van der Waals surface area contributed by atoms with Gasteiger partial charge in [0.15, 0.2) is 0 Å². The number of nitrogens with zero attached hydrogens (tertiary/aromatic N) is 1. The topological polar surface area (TPSA) is 45.8 Å². The number of aromatic amines is 1. The van der Waals surface area contributed by atoms with Crippen LogP contribution in [0.2, 0.25) is 10.0 Å². The summed E-state index contributed by atoms with van der Waals surface area (Å²) in [6.45, 7) is 0. The third-order valence-corrected chi connectivity index (χ3v) is 2.34. The standard InChI is InChI=1S/C8H4Cl2N2O/c9-4-1-2-5(10)8-7(4)6(13)3-11-12-8/h1-3H,(H,12,13). The minimum Gasteiger partial charge on any atom is -0.287 e. The average Bonchev–Trinajstić information content (AvgIpc) is 2.12. The Bertz CT molecular complexity index is 521. The number of aromatic nitrogens is 2. The number of halogens is 2. The van der Waals surface area contributed by atoms with Crippen molar-refractivity contribution in [2.45, 2.75) is 0 Å². The molecule has 0 amide bonds. The number of hydrogen-bond donors (Lipinski definition) is 1. The molecule has 0 unspecified atom stereocenters. The zero-order chi connectivity index (χ0) is 9.42. The van der Waals surface area contributed by atoms with Crippen LogP contribution >= 0.6 is 23.2 Å².